The number of imidazole rings is 1. The molecule has 7 heteroatoms. The molecule has 2 aromatic heterocycles. The van der Waals surface area contributed by atoms with Gasteiger partial charge in [-0.1, -0.05) is 18.2 Å². The van der Waals surface area contributed by atoms with Crippen molar-refractivity contribution in [3.63, 3.8) is 0 Å². The molecule has 0 radical (unpaired) electrons. The number of para-hydroxylation sites is 1. The average molecular weight is 309 g/mol. The summed E-state index contributed by atoms with van der Waals surface area (Å²) in [4.78, 5) is 23.4. The highest BCUT2D eigenvalue weighted by Crippen LogP contribution is 2.19. The molecule has 0 amide bonds. The van der Waals surface area contributed by atoms with Crippen LogP contribution in [-0.2, 0) is 0 Å². The maximum absolute atomic E-state index is 11.0. The van der Waals surface area contributed by atoms with Crippen molar-refractivity contribution in [2.75, 3.05) is 5.32 Å². The van der Waals surface area contributed by atoms with Crippen LogP contribution in [-0.4, -0.2) is 30.6 Å². The Labute approximate surface area is 132 Å². The lowest BCUT2D eigenvalue weighted by Gasteiger charge is -2.15. The van der Waals surface area contributed by atoms with Crippen molar-refractivity contribution in [2.24, 2.45) is 0 Å². The molecule has 1 aromatic carbocycles. The number of nitrogens with zero attached hydrogens (tertiary/aromatic N) is 4. The van der Waals surface area contributed by atoms with Gasteiger partial charge in [0.2, 0.25) is 5.95 Å². The maximum Gasteiger partial charge on any atom is 0.354 e. The topological polar surface area (TPSA) is 92.9 Å². The number of anilines is 1. The number of aromatic carboxylic acids is 1. The zero-order chi connectivity index (χ0) is 16.2. The number of aromatic nitrogens is 4. The van der Waals surface area contributed by atoms with E-state index in [4.69, 9.17) is 5.11 Å². The maximum atomic E-state index is 11.0. The summed E-state index contributed by atoms with van der Waals surface area (Å²) in [6.45, 7) is 1.92. The molecule has 0 aliphatic rings. The van der Waals surface area contributed by atoms with Gasteiger partial charge < -0.3 is 15.0 Å². The molecule has 0 bridgehead atoms. The van der Waals surface area contributed by atoms with Crippen molar-refractivity contribution >= 4 is 11.9 Å². The van der Waals surface area contributed by atoms with Crippen molar-refractivity contribution in [3.8, 4) is 5.69 Å². The van der Waals surface area contributed by atoms with Gasteiger partial charge in [-0.05, 0) is 25.1 Å². The zero-order valence-corrected chi connectivity index (χ0v) is 12.4. The second-order valence-corrected chi connectivity index (χ2v) is 4.93. The summed E-state index contributed by atoms with van der Waals surface area (Å²) in [5, 5.41) is 12.1. The van der Waals surface area contributed by atoms with Gasteiger partial charge in [0.05, 0.1) is 6.04 Å². The summed E-state index contributed by atoms with van der Waals surface area (Å²) < 4.78 is 1.96. The number of carbonyl (C=O) groups is 1. The van der Waals surface area contributed by atoms with Crippen LogP contribution in [0.4, 0.5) is 5.95 Å². The van der Waals surface area contributed by atoms with Gasteiger partial charge in [-0.15, -0.1) is 0 Å². The molecule has 0 saturated heterocycles. The van der Waals surface area contributed by atoms with Crippen molar-refractivity contribution in [3.05, 3.63) is 66.5 Å². The van der Waals surface area contributed by atoms with Crippen LogP contribution in [0.25, 0.3) is 5.69 Å². The lowest BCUT2D eigenvalue weighted by Crippen LogP contribution is -2.15. The largest absolute Gasteiger partial charge is 0.477 e. The molecule has 23 heavy (non-hydrogen) atoms. The third kappa shape index (κ3) is 3.18. The summed E-state index contributed by atoms with van der Waals surface area (Å²) in [6.07, 6.45) is 5.00. The number of hydrogen-bond donors (Lipinski definition) is 2. The first-order valence-electron chi connectivity index (χ1n) is 7.06. The monoisotopic (exact) mass is 309 g/mol. The fourth-order valence-electron chi connectivity index (χ4n) is 2.25. The standard InChI is InChI=1S/C16H15N5O2/c1-11(19-16-18-8-7-13(20-16)15(22)23)14-17-9-10-21(14)12-5-3-2-4-6-12/h2-11H,1H3,(H,22,23)(H,18,19,20). The highest BCUT2D eigenvalue weighted by atomic mass is 16.4. The molecule has 0 aliphatic heterocycles. The number of rotatable bonds is 5. The molecule has 0 aliphatic carbocycles. The highest BCUT2D eigenvalue weighted by Gasteiger charge is 2.15. The Bertz CT molecular complexity index is 816. The first-order chi connectivity index (χ1) is 11.1. The lowest BCUT2D eigenvalue weighted by molar-refractivity contribution is 0.0690. The summed E-state index contributed by atoms with van der Waals surface area (Å²) in [7, 11) is 0. The van der Waals surface area contributed by atoms with Gasteiger partial charge in [-0.3, -0.25) is 0 Å². The first kappa shape index (κ1) is 14.7. The summed E-state index contributed by atoms with van der Waals surface area (Å²) in [6, 6.07) is 11.0. The Balaban J connectivity index is 1.85. The Morgan fingerprint density at radius 2 is 1.96 bits per heavy atom. The van der Waals surface area contributed by atoms with Gasteiger partial charge in [0.1, 0.15) is 5.82 Å². The molecular formula is C16H15N5O2. The fourth-order valence-corrected chi connectivity index (χ4v) is 2.25. The first-order valence-corrected chi connectivity index (χ1v) is 7.06. The van der Waals surface area contributed by atoms with Gasteiger partial charge in [-0.2, -0.15) is 0 Å². The van der Waals surface area contributed by atoms with Crippen LogP contribution in [0.3, 0.4) is 0 Å². The number of nitrogens with one attached hydrogen (secondary N) is 1. The number of hydrogen-bond acceptors (Lipinski definition) is 5. The van der Waals surface area contributed by atoms with Gasteiger partial charge in [0, 0.05) is 24.3 Å². The van der Waals surface area contributed by atoms with E-state index < -0.39 is 5.97 Å². The van der Waals surface area contributed by atoms with E-state index in [-0.39, 0.29) is 17.7 Å². The average Bonchev–Trinajstić information content (AvgIpc) is 3.05. The predicted molar refractivity (Wildman–Crippen MR) is 84.6 cm³/mol. The minimum atomic E-state index is -1.09. The van der Waals surface area contributed by atoms with Crippen LogP contribution in [0.5, 0.6) is 0 Å². The molecule has 3 rings (SSSR count). The van der Waals surface area contributed by atoms with Crippen LogP contribution in [0.1, 0.15) is 29.3 Å². The van der Waals surface area contributed by atoms with Crippen molar-refractivity contribution in [2.45, 2.75) is 13.0 Å². The minimum Gasteiger partial charge on any atom is -0.477 e. The Kier molecular flexibility index (Phi) is 4.01. The molecule has 0 fully saturated rings. The van der Waals surface area contributed by atoms with E-state index in [2.05, 4.69) is 20.3 Å². The van der Waals surface area contributed by atoms with Crippen molar-refractivity contribution < 1.29 is 9.90 Å². The van der Waals surface area contributed by atoms with E-state index in [0.29, 0.717) is 0 Å². The summed E-state index contributed by atoms with van der Waals surface area (Å²) in [5.74, 6) is -0.0607. The van der Waals surface area contributed by atoms with E-state index in [1.807, 2.05) is 48.0 Å². The molecule has 3 aromatic rings. The second kappa shape index (κ2) is 6.27. The van der Waals surface area contributed by atoms with E-state index in [9.17, 15) is 4.79 Å². The molecule has 2 heterocycles. The van der Waals surface area contributed by atoms with E-state index >= 15 is 0 Å². The van der Waals surface area contributed by atoms with Gasteiger partial charge in [0.25, 0.3) is 0 Å². The minimum absolute atomic E-state index is 0.0545. The molecular weight excluding hydrogens is 294 g/mol. The van der Waals surface area contributed by atoms with Gasteiger partial charge in [-0.25, -0.2) is 19.7 Å². The fraction of sp³-hybridized carbons (Fsp3) is 0.125. The van der Waals surface area contributed by atoms with E-state index in [1.165, 1.54) is 12.3 Å². The normalized spacial score (nSPS) is 11.9. The molecule has 1 unspecified atom stereocenters. The quantitative estimate of drug-likeness (QED) is 0.752. The molecule has 1 atom stereocenters. The number of benzene rings is 1. The van der Waals surface area contributed by atoms with Crippen LogP contribution >= 0.6 is 0 Å². The molecule has 0 saturated carbocycles. The number of carboxylic acid groups (broad SMARTS) is 1. The Morgan fingerprint density at radius 1 is 1.17 bits per heavy atom. The Morgan fingerprint density at radius 3 is 2.70 bits per heavy atom. The smallest absolute Gasteiger partial charge is 0.354 e. The van der Waals surface area contributed by atoms with E-state index in [1.54, 1.807) is 6.20 Å². The summed E-state index contributed by atoms with van der Waals surface area (Å²) in [5.41, 5.74) is 0.940. The lowest BCUT2D eigenvalue weighted by atomic mass is 10.2. The van der Waals surface area contributed by atoms with Gasteiger partial charge in [0.15, 0.2) is 5.69 Å². The third-order valence-electron chi connectivity index (χ3n) is 3.31. The van der Waals surface area contributed by atoms with Crippen LogP contribution < -0.4 is 5.32 Å². The Hall–Kier alpha value is -3.22. The van der Waals surface area contributed by atoms with Crippen LogP contribution in [0, 0.1) is 0 Å². The molecule has 116 valence electrons. The van der Waals surface area contributed by atoms with E-state index in [0.717, 1.165) is 11.5 Å². The molecule has 7 nitrogen and oxygen atoms in total. The third-order valence-corrected chi connectivity index (χ3v) is 3.31. The predicted octanol–water partition coefficient (Wildman–Crippen LogP) is 2.53. The highest BCUT2D eigenvalue weighted by molar-refractivity contribution is 5.85. The number of carboxylic acids is 1. The zero-order valence-electron chi connectivity index (χ0n) is 12.4. The van der Waals surface area contributed by atoms with Gasteiger partial charge >= 0.3 is 5.97 Å². The SMILES string of the molecule is CC(Nc1nccc(C(=O)O)n1)c1nccn1-c1ccccc1. The second-order valence-electron chi connectivity index (χ2n) is 4.93. The summed E-state index contributed by atoms with van der Waals surface area (Å²) >= 11 is 0. The molecule has 0 spiro atoms. The van der Waals surface area contributed by atoms with Crippen molar-refractivity contribution in [1.82, 2.24) is 19.5 Å². The van der Waals surface area contributed by atoms with Crippen LogP contribution in [0.15, 0.2) is 55.0 Å². The van der Waals surface area contributed by atoms with Crippen LogP contribution in [0.2, 0.25) is 0 Å². The molecule has 2 N–H and O–H groups in total. The van der Waals surface area contributed by atoms with Crippen molar-refractivity contribution in [1.29, 1.82) is 0 Å².